The molecule has 0 amide bonds. The highest BCUT2D eigenvalue weighted by molar-refractivity contribution is 5.93. The molecule has 4 rings (SSSR count). The summed E-state index contributed by atoms with van der Waals surface area (Å²) in [6, 6.07) is 2.84. The van der Waals surface area contributed by atoms with Crippen LogP contribution in [0.4, 0.5) is 5.95 Å². The molecule has 0 saturated carbocycles. The van der Waals surface area contributed by atoms with Gasteiger partial charge in [0.2, 0.25) is 5.95 Å². The van der Waals surface area contributed by atoms with Gasteiger partial charge in [-0.05, 0) is 32.3 Å². The van der Waals surface area contributed by atoms with Gasteiger partial charge in [-0.3, -0.25) is 9.78 Å². The van der Waals surface area contributed by atoms with E-state index in [9.17, 15) is 14.7 Å². The predicted octanol–water partition coefficient (Wildman–Crippen LogP) is 1.94. The van der Waals surface area contributed by atoms with Crippen LogP contribution in [-0.2, 0) is 0 Å². The van der Waals surface area contributed by atoms with Crippen molar-refractivity contribution in [1.82, 2.24) is 15.0 Å². The van der Waals surface area contributed by atoms with Crippen LogP contribution in [0, 0.1) is 6.92 Å². The van der Waals surface area contributed by atoms with Crippen LogP contribution in [0.5, 0.6) is 5.75 Å². The van der Waals surface area contributed by atoms with Gasteiger partial charge in [0.25, 0.3) is 5.56 Å². The average Bonchev–Trinajstić information content (AvgIpc) is 2.61. The largest absolute Gasteiger partial charge is 0.507 e. The van der Waals surface area contributed by atoms with E-state index in [1.807, 2.05) is 4.90 Å². The zero-order valence-electron chi connectivity index (χ0n) is 14.3. The molecular formula is C18H18N4O4. The van der Waals surface area contributed by atoms with Crippen molar-refractivity contribution in [1.29, 1.82) is 0 Å². The third-order valence-electron chi connectivity index (χ3n) is 4.57. The third kappa shape index (κ3) is 2.73. The Morgan fingerprint density at radius 2 is 2.00 bits per heavy atom. The first-order chi connectivity index (χ1) is 12.5. The van der Waals surface area contributed by atoms with Crippen LogP contribution in [0.1, 0.15) is 25.0 Å². The molecular weight excluding hydrogens is 336 g/mol. The minimum atomic E-state index is -0.713. The lowest BCUT2D eigenvalue weighted by atomic mass is 10.0. The molecule has 0 aromatic carbocycles. The Morgan fingerprint density at radius 3 is 2.73 bits per heavy atom. The Labute approximate surface area is 148 Å². The number of hydrogen-bond acceptors (Lipinski definition) is 7. The summed E-state index contributed by atoms with van der Waals surface area (Å²) in [5, 5.41) is 10.4. The number of nitrogens with zero attached hydrogens (tertiary/aromatic N) is 3. The molecule has 0 spiro atoms. The molecule has 134 valence electrons. The lowest BCUT2D eigenvalue weighted by Crippen LogP contribution is -2.32. The molecule has 3 aromatic rings. The van der Waals surface area contributed by atoms with Crippen LogP contribution in [-0.4, -0.2) is 33.1 Å². The second-order valence-corrected chi connectivity index (χ2v) is 6.40. The van der Waals surface area contributed by atoms with Crippen LogP contribution in [0.2, 0.25) is 0 Å². The summed E-state index contributed by atoms with van der Waals surface area (Å²) >= 11 is 0. The molecule has 0 unspecified atom stereocenters. The molecule has 0 radical (unpaired) electrons. The van der Waals surface area contributed by atoms with E-state index in [-0.39, 0.29) is 33.7 Å². The summed E-state index contributed by atoms with van der Waals surface area (Å²) in [5.74, 6) is 0.520. The minimum absolute atomic E-state index is 0.0685. The number of aryl methyl sites for hydroxylation is 1. The Morgan fingerprint density at radius 1 is 1.23 bits per heavy atom. The number of aromatic nitrogens is 3. The number of aromatic hydroxyl groups is 1. The molecule has 1 saturated heterocycles. The van der Waals surface area contributed by atoms with E-state index >= 15 is 0 Å². The Bertz CT molecular complexity index is 1100. The van der Waals surface area contributed by atoms with Crippen molar-refractivity contribution < 1.29 is 9.52 Å². The van der Waals surface area contributed by atoms with Crippen molar-refractivity contribution in [3.8, 4) is 16.9 Å². The molecule has 8 nitrogen and oxygen atoms in total. The molecule has 1 aliphatic heterocycles. The summed E-state index contributed by atoms with van der Waals surface area (Å²) in [4.78, 5) is 38.5. The highest BCUT2D eigenvalue weighted by atomic mass is 16.4. The zero-order chi connectivity index (χ0) is 18.3. The third-order valence-corrected chi connectivity index (χ3v) is 4.57. The summed E-state index contributed by atoms with van der Waals surface area (Å²) in [6.07, 6.45) is 4.73. The van der Waals surface area contributed by atoms with Gasteiger partial charge in [0.05, 0.1) is 5.39 Å². The van der Waals surface area contributed by atoms with Crippen LogP contribution < -0.4 is 16.1 Å². The lowest BCUT2D eigenvalue weighted by molar-refractivity contribution is 0.438. The van der Waals surface area contributed by atoms with Gasteiger partial charge in [-0.25, -0.2) is 9.78 Å². The van der Waals surface area contributed by atoms with Gasteiger partial charge < -0.3 is 14.4 Å². The first-order valence-electron chi connectivity index (χ1n) is 8.52. The number of piperidine rings is 1. The molecule has 0 atom stereocenters. The van der Waals surface area contributed by atoms with E-state index in [0.29, 0.717) is 5.95 Å². The number of anilines is 1. The molecule has 0 aliphatic carbocycles. The molecule has 26 heavy (non-hydrogen) atoms. The topological polar surface area (TPSA) is 112 Å². The van der Waals surface area contributed by atoms with E-state index in [1.165, 1.54) is 24.8 Å². The fourth-order valence-corrected chi connectivity index (χ4v) is 3.36. The number of aromatic amines is 1. The monoisotopic (exact) mass is 354 g/mol. The fraction of sp³-hybridized carbons (Fsp3) is 0.333. The van der Waals surface area contributed by atoms with E-state index in [0.717, 1.165) is 25.9 Å². The maximum atomic E-state index is 12.7. The summed E-state index contributed by atoms with van der Waals surface area (Å²) in [6.45, 7) is 3.22. The number of H-pyrrole nitrogens is 1. The lowest BCUT2D eigenvalue weighted by Gasteiger charge is -2.27. The standard InChI is InChI=1S/C18H18N4O4/c1-10-9-12(23)13(17(25)26-10)11-5-6-19-15-14(11)16(24)21-18(20-15)22-7-3-2-4-8-22/h5-6,9,23H,2-4,7-8H2,1H3,(H,19,20,21,24). The highest BCUT2D eigenvalue weighted by Gasteiger charge is 2.20. The Kier molecular flexibility index (Phi) is 3.95. The van der Waals surface area contributed by atoms with Crippen molar-refractivity contribution in [3.05, 3.63) is 44.9 Å². The van der Waals surface area contributed by atoms with Gasteiger partial charge in [0.15, 0.2) is 5.65 Å². The number of fused-ring (bicyclic) bond motifs is 1. The molecule has 3 aromatic heterocycles. The van der Waals surface area contributed by atoms with Crippen molar-refractivity contribution in [2.45, 2.75) is 26.2 Å². The zero-order valence-corrected chi connectivity index (χ0v) is 14.3. The van der Waals surface area contributed by atoms with Crippen molar-refractivity contribution in [3.63, 3.8) is 0 Å². The minimum Gasteiger partial charge on any atom is -0.507 e. The first kappa shape index (κ1) is 16.3. The van der Waals surface area contributed by atoms with E-state index in [4.69, 9.17) is 4.42 Å². The number of hydrogen-bond donors (Lipinski definition) is 2. The SMILES string of the molecule is Cc1cc(O)c(-c2ccnc3nc(N4CCCCC4)[nH]c(=O)c23)c(=O)o1. The van der Waals surface area contributed by atoms with E-state index in [2.05, 4.69) is 15.0 Å². The van der Waals surface area contributed by atoms with Gasteiger partial charge in [-0.1, -0.05) is 0 Å². The van der Waals surface area contributed by atoms with E-state index < -0.39 is 11.2 Å². The molecule has 2 N–H and O–H groups in total. The quantitative estimate of drug-likeness (QED) is 0.723. The highest BCUT2D eigenvalue weighted by Crippen LogP contribution is 2.30. The number of pyridine rings is 1. The smallest absolute Gasteiger partial charge is 0.347 e. The van der Waals surface area contributed by atoms with Gasteiger partial charge in [0.1, 0.15) is 17.1 Å². The second kappa shape index (κ2) is 6.29. The van der Waals surface area contributed by atoms with Crippen molar-refractivity contribution >= 4 is 17.0 Å². The van der Waals surface area contributed by atoms with Gasteiger partial charge in [-0.2, -0.15) is 4.98 Å². The van der Waals surface area contributed by atoms with Crippen molar-refractivity contribution in [2.75, 3.05) is 18.0 Å². The van der Waals surface area contributed by atoms with Gasteiger partial charge >= 0.3 is 5.63 Å². The maximum absolute atomic E-state index is 12.7. The molecule has 1 aliphatic rings. The van der Waals surface area contributed by atoms with Crippen LogP contribution in [0.25, 0.3) is 22.2 Å². The average molecular weight is 354 g/mol. The Balaban J connectivity index is 1.93. The van der Waals surface area contributed by atoms with E-state index in [1.54, 1.807) is 6.92 Å². The number of nitrogens with one attached hydrogen (secondary N) is 1. The maximum Gasteiger partial charge on any atom is 0.347 e. The van der Waals surface area contributed by atoms with Crippen LogP contribution >= 0.6 is 0 Å². The first-order valence-corrected chi connectivity index (χ1v) is 8.52. The fourth-order valence-electron chi connectivity index (χ4n) is 3.36. The molecule has 0 bridgehead atoms. The Hall–Kier alpha value is -3.16. The van der Waals surface area contributed by atoms with Crippen molar-refractivity contribution in [2.24, 2.45) is 0 Å². The van der Waals surface area contributed by atoms with Gasteiger partial charge in [-0.15, -0.1) is 0 Å². The summed E-state index contributed by atoms with van der Waals surface area (Å²) < 4.78 is 5.07. The normalized spacial score (nSPS) is 14.7. The predicted molar refractivity (Wildman–Crippen MR) is 96.6 cm³/mol. The summed E-state index contributed by atoms with van der Waals surface area (Å²) in [7, 11) is 0. The molecule has 8 heteroatoms. The molecule has 1 fully saturated rings. The van der Waals surface area contributed by atoms with Crippen LogP contribution in [0.3, 0.4) is 0 Å². The molecule has 4 heterocycles. The van der Waals surface area contributed by atoms with Gasteiger partial charge in [0, 0.05) is 30.9 Å². The second-order valence-electron chi connectivity index (χ2n) is 6.40. The summed E-state index contributed by atoms with van der Waals surface area (Å²) in [5.41, 5.74) is -0.708. The number of rotatable bonds is 2. The van der Waals surface area contributed by atoms with Crippen LogP contribution in [0.15, 0.2) is 32.3 Å².